The summed E-state index contributed by atoms with van der Waals surface area (Å²) in [5.41, 5.74) is 8.11. The van der Waals surface area contributed by atoms with E-state index in [-0.39, 0.29) is 6.04 Å². The van der Waals surface area contributed by atoms with E-state index in [1.54, 1.807) is 0 Å². The van der Waals surface area contributed by atoms with Gasteiger partial charge in [0.2, 0.25) is 10.0 Å². The van der Waals surface area contributed by atoms with Crippen LogP contribution in [0.1, 0.15) is 6.42 Å². The van der Waals surface area contributed by atoms with Crippen LogP contribution >= 0.6 is 0 Å². The first-order chi connectivity index (χ1) is 5.54. The van der Waals surface area contributed by atoms with Crippen molar-refractivity contribution in [1.82, 2.24) is 4.31 Å². The van der Waals surface area contributed by atoms with E-state index in [9.17, 15) is 8.42 Å². The summed E-state index contributed by atoms with van der Waals surface area (Å²) in [6.07, 6.45) is 1.78. The second-order valence-corrected chi connectivity index (χ2v) is 4.75. The van der Waals surface area contributed by atoms with Gasteiger partial charge in [-0.3, -0.25) is 0 Å². The van der Waals surface area contributed by atoms with Gasteiger partial charge < -0.3 is 0 Å². The molecule has 1 saturated heterocycles. The van der Waals surface area contributed by atoms with Gasteiger partial charge in [0.1, 0.15) is 0 Å². The number of rotatable bonds is 2. The molecule has 0 radical (unpaired) electrons. The molecule has 12 heavy (non-hydrogen) atoms. The summed E-state index contributed by atoms with van der Waals surface area (Å²) in [6, 6.07) is -0.190. The lowest BCUT2D eigenvalue weighted by Gasteiger charge is -2.10. The maximum absolute atomic E-state index is 11.0. The lowest BCUT2D eigenvalue weighted by molar-refractivity contribution is 0.478. The molecule has 6 nitrogen and oxygen atoms in total. The van der Waals surface area contributed by atoms with Crippen molar-refractivity contribution in [2.45, 2.75) is 12.5 Å². The van der Waals surface area contributed by atoms with E-state index in [1.165, 1.54) is 4.31 Å². The van der Waals surface area contributed by atoms with E-state index in [1.807, 2.05) is 0 Å². The lowest BCUT2D eigenvalue weighted by Crippen LogP contribution is -2.27. The van der Waals surface area contributed by atoms with Gasteiger partial charge in [-0.05, 0) is 12.0 Å². The van der Waals surface area contributed by atoms with Crippen LogP contribution in [-0.4, -0.2) is 38.1 Å². The molecule has 1 aliphatic rings. The monoisotopic (exact) mass is 190 g/mol. The zero-order chi connectivity index (χ0) is 9.19. The van der Waals surface area contributed by atoms with Crippen LogP contribution in [-0.2, 0) is 10.0 Å². The Morgan fingerprint density at radius 3 is 2.75 bits per heavy atom. The van der Waals surface area contributed by atoms with Crippen LogP contribution in [0.2, 0.25) is 0 Å². The number of nitrogens with zero attached hydrogens (tertiary/aromatic N) is 4. The topological polar surface area (TPSA) is 86.1 Å². The predicted molar refractivity (Wildman–Crippen MR) is 44.0 cm³/mol. The molecule has 0 aromatic rings. The second-order valence-electron chi connectivity index (χ2n) is 2.77. The summed E-state index contributed by atoms with van der Waals surface area (Å²) in [7, 11) is -3.10. The van der Waals surface area contributed by atoms with E-state index in [0.29, 0.717) is 19.5 Å². The lowest BCUT2D eigenvalue weighted by atomic mass is 10.3. The van der Waals surface area contributed by atoms with Gasteiger partial charge in [0, 0.05) is 18.0 Å². The fourth-order valence-electron chi connectivity index (χ4n) is 1.18. The van der Waals surface area contributed by atoms with E-state index in [2.05, 4.69) is 10.0 Å². The fraction of sp³-hybridized carbons (Fsp3) is 1.00. The Hall–Kier alpha value is -0.780. The van der Waals surface area contributed by atoms with Crippen molar-refractivity contribution >= 4 is 10.0 Å². The zero-order valence-corrected chi connectivity index (χ0v) is 7.53. The smallest absolute Gasteiger partial charge is 0.211 e. The minimum atomic E-state index is -3.10. The number of sulfonamides is 1. The number of hydrogen-bond donors (Lipinski definition) is 0. The van der Waals surface area contributed by atoms with Gasteiger partial charge >= 0.3 is 0 Å². The normalized spacial score (nSPS) is 25.2. The Balaban J connectivity index is 2.63. The zero-order valence-electron chi connectivity index (χ0n) is 6.71. The first-order valence-corrected chi connectivity index (χ1v) is 5.38. The molecule has 1 fully saturated rings. The van der Waals surface area contributed by atoms with Crippen molar-refractivity contribution in [3.8, 4) is 0 Å². The molecule has 0 aliphatic carbocycles. The van der Waals surface area contributed by atoms with Crippen LogP contribution in [0.3, 0.4) is 0 Å². The molecule has 0 aromatic heterocycles. The quantitative estimate of drug-likeness (QED) is 0.357. The van der Waals surface area contributed by atoms with Crippen molar-refractivity contribution in [3.63, 3.8) is 0 Å². The molecule has 0 spiro atoms. The highest BCUT2D eigenvalue weighted by Gasteiger charge is 2.27. The largest absolute Gasteiger partial charge is 0.213 e. The van der Waals surface area contributed by atoms with Crippen molar-refractivity contribution in [3.05, 3.63) is 10.4 Å². The minimum Gasteiger partial charge on any atom is -0.213 e. The van der Waals surface area contributed by atoms with Crippen LogP contribution in [0.25, 0.3) is 10.4 Å². The van der Waals surface area contributed by atoms with Gasteiger partial charge in [-0.2, -0.15) is 0 Å². The van der Waals surface area contributed by atoms with Crippen LogP contribution in [0, 0.1) is 0 Å². The van der Waals surface area contributed by atoms with Crippen LogP contribution < -0.4 is 0 Å². The molecule has 1 unspecified atom stereocenters. The summed E-state index contributed by atoms with van der Waals surface area (Å²) in [5.74, 6) is 0. The molecule has 7 heteroatoms. The second kappa shape index (κ2) is 3.30. The Labute approximate surface area is 70.8 Å². The molecular formula is C5H10N4O2S. The van der Waals surface area contributed by atoms with Gasteiger partial charge in [-0.15, -0.1) is 0 Å². The third-order valence-corrected chi connectivity index (χ3v) is 3.08. The van der Waals surface area contributed by atoms with Crippen LogP contribution in [0.5, 0.6) is 0 Å². The fourth-order valence-corrected chi connectivity index (χ4v) is 2.06. The summed E-state index contributed by atoms with van der Waals surface area (Å²) in [4.78, 5) is 2.64. The molecule has 1 heterocycles. The Bertz CT molecular complexity index is 305. The third-order valence-electron chi connectivity index (χ3n) is 1.81. The van der Waals surface area contributed by atoms with E-state index in [4.69, 9.17) is 5.53 Å². The summed E-state index contributed by atoms with van der Waals surface area (Å²) >= 11 is 0. The molecule has 1 rings (SSSR count). The highest BCUT2D eigenvalue weighted by atomic mass is 32.2. The molecule has 0 N–H and O–H groups in total. The van der Waals surface area contributed by atoms with Gasteiger partial charge in [-0.25, -0.2) is 12.7 Å². The standard InChI is InChI=1S/C5H10N4O2S/c1-12(10,11)9-3-2-5(4-9)7-8-6/h5H,2-4H2,1H3. The molecule has 0 saturated carbocycles. The third kappa shape index (κ3) is 2.10. The molecular weight excluding hydrogens is 180 g/mol. The van der Waals surface area contributed by atoms with Crippen molar-refractivity contribution in [2.75, 3.05) is 19.3 Å². The van der Waals surface area contributed by atoms with E-state index in [0.717, 1.165) is 6.26 Å². The van der Waals surface area contributed by atoms with Crippen molar-refractivity contribution in [1.29, 1.82) is 0 Å². The summed E-state index contributed by atoms with van der Waals surface area (Å²) in [6.45, 7) is 0.783. The Kier molecular flexibility index (Phi) is 2.56. The minimum absolute atomic E-state index is 0.190. The molecule has 1 aliphatic heterocycles. The summed E-state index contributed by atoms with van der Waals surface area (Å²) < 4.78 is 23.3. The highest BCUT2D eigenvalue weighted by Crippen LogP contribution is 2.15. The van der Waals surface area contributed by atoms with E-state index >= 15 is 0 Å². The predicted octanol–water partition coefficient (Wildman–Crippen LogP) is 0.331. The maximum Gasteiger partial charge on any atom is 0.211 e. The molecule has 0 amide bonds. The SMILES string of the molecule is CS(=O)(=O)N1CCC(N=[N+]=[N-])C1. The maximum atomic E-state index is 11.0. The Morgan fingerprint density at radius 1 is 1.67 bits per heavy atom. The van der Waals surface area contributed by atoms with Gasteiger partial charge in [0.15, 0.2) is 0 Å². The first-order valence-electron chi connectivity index (χ1n) is 3.53. The summed E-state index contributed by atoms with van der Waals surface area (Å²) in [5, 5.41) is 3.46. The van der Waals surface area contributed by atoms with Crippen LogP contribution in [0.4, 0.5) is 0 Å². The molecule has 0 bridgehead atoms. The number of hydrogen-bond acceptors (Lipinski definition) is 3. The molecule has 68 valence electrons. The van der Waals surface area contributed by atoms with Gasteiger partial charge in [0.05, 0.1) is 12.3 Å². The van der Waals surface area contributed by atoms with Crippen molar-refractivity contribution < 1.29 is 8.42 Å². The van der Waals surface area contributed by atoms with E-state index < -0.39 is 10.0 Å². The van der Waals surface area contributed by atoms with Gasteiger partial charge in [-0.1, -0.05) is 5.11 Å². The first kappa shape index (κ1) is 9.31. The average Bonchev–Trinajstić information content (AvgIpc) is 2.35. The number of azide groups is 1. The highest BCUT2D eigenvalue weighted by molar-refractivity contribution is 7.88. The Morgan fingerprint density at radius 2 is 2.33 bits per heavy atom. The molecule has 0 aromatic carbocycles. The van der Waals surface area contributed by atoms with Crippen LogP contribution in [0.15, 0.2) is 5.11 Å². The average molecular weight is 190 g/mol. The van der Waals surface area contributed by atoms with Gasteiger partial charge in [0.25, 0.3) is 0 Å². The molecule has 1 atom stereocenters. The van der Waals surface area contributed by atoms with Crippen molar-refractivity contribution in [2.24, 2.45) is 5.11 Å².